The van der Waals surface area contributed by atoms with E-state index in [9.17, 15) is 14.0 Å². The summed E-state index contributed by atoms with van der Waals surface area (Å²) in [5.74, 6) is -0.700. The van der Waals surface area contributed by atoms with Crippen LogP contribution in [0.3, 0.4) is 0 Å². The lowest BCUT2D eigenvalue weighted by Gasteiger charge is -2.09. The van der Waals surface area contributed by atoms with Crippen LogP contribution in [0.25, 0.3) is 0 Å². The maximum absolute atomic E-state index is 14.5. The van der Waals surface area contributed by atoms with Gasteiger partial charge in [-0.15, -0.1) is 0 Å². The van der Waals surface area contributed by atoms with Crippen LogP contribution >= 0.6 is 0 Å². The number of carbonyl (C=O) groups excluding carboxylic acids is 1. The van der Waals surface area contributed by atoms with Gasteiger partial charge in [-0.2, -0.15) is 0 Å². The second-order valence-corrected chi connectivity index (χ2v) is 6.27. The van der Waals surface area contributed by atoms with E-state index in [0.717, 1.165) is 17.3 Å². The number of rotatable bonds is 7. The molecule has 4 N–H and O–H groups in total. The summed E-state index contributed by atoms with van der Waals surface area (Å²) in [5.41, 5.74) is 6.64. The third-order valence-electron chi connectivity index (χ3n) is 4.19. The largest absolute Gasteiger partial charge is 0.347 e. The fourth-order valence-electron chi connectivity index (χ4n) is 2.79. The van der Waals surface area contributed by atoms with Gasteiger partial charge in [0.1, 0.15) is 5.82 Å². The van der Waals surface area contributed by atoms with Gasteiger partial charge in [0, 0.05) is 36.4 Å². The number of aromatic nitrogens is 2. The number of nitrogens with one attached hydrogen (secondary N) is 2. The number of carbonyl (C=O) groups is 1. The first-order valence-corrected chi connectivity index (χ1v) is 9.28. The van der Waals surface area contributed by atoms with Gasteiger partial charge in [0.2, 0.25) is 0 Å². The second kappa shape index (κ2) is 11.4. The van der Waals surface area contributed by atoms with E-state index in [1.165, 1.54) is 29.9 Å². The highest BCUT2D eigenvalue weighted by atomic mass is 19.1. The molecule has 1 amide bonds. The normalized spacial score (nSPS) is 9.97. The Bertz CT molecular complexity index is 1070. The monoisotopic (exact) mass is 409 g/mol. The van der Waals surface area contributed by atoms with Gasteiger partial charge in [0.15, 0.2) is 0 Å². The summed E-state index contributed by atoms with van der Waals surface area (Å²) < 4.78 is 15.9. The quantitative estimate of drug-likeness (QED) is 0.518. The van der Waals surface area contributed by atoms with Crippen LogP contribution in [0, 0.1) is 11.2 Å². The molecule has 2 heterocycles. The minimum Gasteiger partial charge on any atom is -0.347 e. The Kier molecular flexibility index (Phi) is 8.58. The van der Waals surface area contributed by atoms with Gasteiger partial charge in [-0.05, 0) is 42.8 Å². The van der Waals surface area contributed by atoms with Crippen LogP contribution in [0.2, 0.25) is 0 Å². The molecule has 8 heteroatoms. The van der Waals surface area contributed by atoms with E-state index < -0.39 is 0 Å². The minimum atomic E-state index is -0.388. The maximum atomic E-state index is 14.5. The van der Waals surface area contributed by atoms with Crippen molar-refractivity contribution >= 4 is 12.1 Å². The van der Waals surface area contributed by atoms with Crippen molar-refractivity contribution in [1.82, 2.24) is 14.9 Å². The first-order valence-electron chi connectivity index (χ1n) is 9.28. The zero-order valence-electron chi connectivity index (χ0n) is 16.6. The molecule has 0 saturated carbocycles. The molecule has 0 aliphatic carbocycles. The van der Waals surface area contributed by atoms with Gasteiger partial charge in [-0.25, -0.2) is 4.39 Å². The zero-order chi connectivity index (χ0) is 21.9. The van der Waals surface area contributed by atoms with Crippen molar-refractivity contribution in [1.29, 1.82) is 5.41 Å². The minimum absolute atomic E-state index is 0.153. The number of hydrogen-bond donors (Lipinski definition) is 3. The van der Waals surface area contributed by atoms with Gasteiger partial charge < -0.3 is 21.0 Å². The Labute approximate surface area is 173 Å². The number of nitrogens with two attached hydrogens (primary N) is 1. The molecule has 0 atom stereocenters. The molecular formula is C22H24FN5O2. The van der Waals surface area contributed by atoms with Gasteiger partial charge in [-0.1, -0.05) is 18.2 Å². The van der Waals surface area contributed by atoms with E-state index in [0.29, 0.717) is 17.5 Å². The lowest BCUT2D eigenvalue weighted by molar-refractivity contribution is 0.0959. The Hall–Kier alpha value is -3.65. The zero-order valence-corrected chi connectivity index (χ0v) is 16.6. The Balaban J connectivity index is 0.00000155. The Morgan fingerprint density at radius 3 is 2.70 bits per heavy atom. The third-order valence-corrected chi connectivity index (χ3v) is 4.19. The number of nitrogens with zero attached hydrogens (tertiary/aromatic N) is 2. The number of amides is 1. The van der Waals surface area contributed by atoms with E-state index in [-0.39, 0.29) is 30.4 Å². The molecular weight excluding hydrogens is 385 g/mol. The average Bonchev–Trinajstić information content (AvgIpc) is 2.77. The molecule has 7 nitrogen and oxygen atoms in total. The first kappa shape index (κ1) is 22.6. The molecule has 2 aromatic heterocycles. The van der Waals surface area contributed by atoms with E-state index in [1.54, 1.807) is 42.7 Å². The van der Waals surface area contributed by atoms with Gasteiger partial charge in [0.05, 0.1) is 18.7 Å². The molecule has 3 aromatic rings. The molecule has 1 aromatic carbocycles. The van der Waals surface area contributed by atoms with Crippen molar-refractivity contribution in [3.63, 3.8) is 0 Å². The van der Waals surface area contributed by atoms with Crippen molar-refractivity contribution in [2.75, 3.05) is 13.6 Å². The number of benzene rings is 1. The number of hydrogen-bond acceptors (Lipinski definition) is 5. The summed E-state index contributed by atoms with van der Waals surface area (Å²) in [4.78, 5) is 27.8. The Morgan fingerprint density at radius 2 is 2.00 bits per heavy atom. The summed E-state index contributed by atoms with van der Waals surface area (Å²) in [6.45, 7) is 0.316. The molecule has 30 heavy (non-hydrogen) atoms. The molecule has 0 radical (unpaired) electrons. The van der Waals surface area contributed by atoms with Crippen LogP contribution in [0.4, 0.5) is 4.39 Å². The molecule has 0 bridgehead atoms. The van der Waals surface area contributed by atoms with E-state index in [2.05, 4.69) is 16.0 Å². The van der Waals surface area contributed by atoms with Crippen molar-refractivity contribution in [3.05, 3.63) is 99.5 Å². The summed E-state index contributed by atoms with van der Waals surface area (Å²) in [6.07, 6.45) is 6.22. The summed E-state index contributed by atoms with van der Waals surface area (Å²) in [5, 5.41) is 9.53. The topological polar surface area (TPSA) is 114 Å². The SMILES string of the molecule is CN.N=CCNC(=O)c1cncc(Cc2ccc(Cn3ccccc3=O)c(F)c2)c1. The standard InChI is InChI=1S/C21H19FN4O2.CH5N/c22-19-11-15(4-5-17(19)14-26-8-2-1-3-20(26)27)9-16-10-18(13-24-12-16)21(28)25-7-6-23;1-2/h1-6,8,10-13,23H,7,9,14H2,(H,25,28);2H2,1H3. The summed E-state index contributed by atoms with van der Waals surface area (Å²) in [6, 6.07) is 11.4. The predicted octanol–water partition coefficient (Wildman–Crippen LogP) is 1.98. The highest BCUT2D eigenvalue weighted by molar-refractivity contribution is 5.95. The maximum Gasteiger partial charge on any atom is 0.253 e. The second-order valence-electron chi connectivity index (χ2n) is 6.27. The smallest absolute Gasteiger partial charge is 0.253 e. The highest BCUT2D eigenvalue weighted by Crippen LogP contribution is 2.15. The van der Waals surface area contributed by atoms with Crippen molar-refractivity contribution in [2.24, 2.45) is 5.73 Å². The molecule has 0 aliphatic heterocycles. The average molecular weight is 409 g/mol. The number of pyridine rings is 2. The van der Waals surface area contributed by atoms with Crippen molar-refractivity contribution in [2.45, 2.75) is 13.0 Å². The number of halogens is 1. The molecule has 0 fully saturated rings. The lowest BCUT2D eigenvalue weighted by atomic mass is 10.0. The predicted molar refractivity (Wildman–Crippen MR) is 114 cm³/mol. The van der Waals surface area contributed by atoms with E-state index in [4.69, 9.17) is 5.41 Å². The lowest BCUT2D eigenvalue weighted by Crippen LogP contribution is -2.25. The van der Waals surface area contributed by atoms with Gasteiger partial charge >= 0.3 is 0 Å². The van der Waals surface area contributed by atoms with Gasteiger partial charge in [-0.3, -0.25) is 14.6 Å². The molecule has 0 unspecified atom stereocenters. The summed E-state index contributed by atoms with van der Waals surface area (Å²) >= 11 is 0. The van der Waals surface area contributed by atoms with Gasteiger partial charge in [0.25, 0.3) is 11.5 Å². The van der Waals surface area contributed by atoms with Crippen molar-refractivity contribution < 1.29 is 9.18 Å². The van der Waals surface area contributed by atoms with Crippen LogP contribution in [0.5, 0.6) is 0 Å². The molecule has 156 valence electrons. The van der Waals surface area contributed by atoms with E-state index >= 15 is 0 Å². The Morgan fingerprint density at radius 1 is 1.20 bits per heavy atom. The van der Waals surface area contributed by atoms with E-state index in [1.807, 2.05) is 0 Å². The third kappa shape index (κ3) is 6.18. The fraction of sp³-hybridized carbons (Fsp3) is 0.182. The molecule has 0 spiro atoms. The van der Waals surface area contributed by atoms with Crippen LogP contribution in [-0.4, -0.2) is 35.3 Å². The van der Waals surface area contributed by atoms with Crippen LogP contribution in [-0.2, 0) is 13.0 Å². The summed E-state index contributed by atoms with van der Waals surface area (Å²) in [7, 11) is 1.50. The molecule has 0 aliphatic rings. The van der Waals surface area contributed by atoms with Crippen LogP contribution in [0.15, 0.2) is 65.8 Å². The first-order chi connectivity index (χ1) is 14.6. The highest BCUT2D eigenvalue weighted by Gasteiger charge is 2.09. The fourth-order valence-corrected chi connectivity index (χ4v) is 2.79. The van der Waals surface area contributed by atoms with Crippen LogP contribution < -0.4 is 16.6 Å². The molecule has 3 rings (SSSR count). The van der Waals surface area contributed by atoms with Crippen molar-refractivity contribution in [3.8, 4) is 0 Å². The van der Waals surface area contributed by atoms with Crippen LogP contribution in [0.1, 0.15) is 27.0 Å². The molecule has 0 saturated heterocycles.